The topological polar surface area (TPSA) is 45.7 Å². The lowest BCUT2D eigenvalue weighted by atomic mass is 9.91. The average Bonchev–Trinajstić information content (AvgIpc) is 2.62. The summed E-state index contributed by atoms with van der Waals surface area (Å²) in [5.41, 5.74) is 1.10. The summed E-state index contributed by atoms with van der Waals surface area (Å²) in [5, 5.41) is 0. The van der Waals surface area contributed by atoms with Gasteiger partial charge in [0.15, 0.2) is 0 Å². The lowest BCUT2D eigenvalue weighted by molar-refractivity contribution is -0.147. The quantitative estimate of drug-likeness (QED) is 0.851. The first-order valence-corrected chi connectivity index (χ1v) is 8.80. The van der Waals surface area contributed by atoms with Crippen LogP contribution >= 0.6 is 0 Å². The van der Waals surface area contributed by atoms with Gasteiger partial charge in [0.2, 0.25) is 5.91 Å². The van der Waals surface area contributed by atoms with Crippen LogP contribution in [-0.4, -0.2) is 59.6 Å². The van der Waals surface area contributed by atoms with Crippen LogP contribution in [0.15, 0.2) is 24.4 Å². The van der Waals surface area contributed by atoms with Crippen molar-refractivity contribution in [3.63, 3.8) is 0 Å². The van der Waals surface area contributed by atoms with Crippen LogP contribution in [0.5, 0.6) is 0 Å². The van der Waals surface area contributed by atoms with Gasteiger partial charge in [-0.05, 0) is 31.4 Å². The third-order valence-electron chi connectivity index (χ3n) is 4.96. The minimum absolute atomic E-state index is 0.0658. The van der Waals surface area contributed by atoms with Crippen molar-refractivity contribution in [2.45, 2.75) is 38.8 Å². The third-order valence-corrected chi connectivity index (χ3v) is 4.96. The van der Waals surface area contributed by atoms with Crippen molar-refractivity contribution in [2.75, 3.05) is 32.8 Å². The number of hydrogen-bond donors (Lipinski definition) is 0. The number of carbonyl (C=O) groups is 1. The summed E-state index contributed by atoms with van der Waals surface area (Å²) in [6.45, 7) is 7.27. The van der Waals surface area contributed by atoms with Crippen molar-refractivity contribution in [1.82, 2.24) is 14.8 Å². The van der Waals surface area contributed by atoms with Crippen LogP contribution in [0.25, 0.3) is 0 Å². The van der Waals surface area contributed by atoms with E-state index in [0.29, 0.717) is 5.91 Å². The molecule has 0 unspecified atom stereocenters. The van der Waals surface area contributed by atoms with E-state index in [2.05, 4.69) is 22.9 Å². The van der Waals surface area contributed by atoms with Crippen LogP contribution in [-0.2, 0) is 16.1 Å². The first kappa shape index (κ1) is 16.4. The van der Waals surface area contributed by atoms with Gasteiger partial charge in [-0.25, -0.2) is 0 Å². The Morgan fingerprint density at radius 1 is 1.30 bits per heavy atom. The molecule has 0 aromatic carbocycles. The van der Waals surface area contributed by atoms with Gasteiger partial charge >= 0.3 is 0 Å². The first-order chi connectivity index (χ1) is 11.3. The maximum atomic E-state index is 12.8. The van der Waals surface area contributed by atoms with Crippen LogP contribution in [0.2, 0.25) is 0 Å². The van der Waals surface area contributed by atoms with Crippen molar-refractivity contribution < 1.29 is 9.53 Å². The van der Waals surface area contributed by atoms with Crippen LogP contribution in [0.1, 0.15) is 31.9 Å². The molecule has 5 heteroatoms. The summed E-state index contributed by atoms with van der Waals surface area (Å²) in [6, 6.07) is 6.02. The summed E-state index contributed by atoms with van der Waals surface area (Å²) in [4.78, 5) is 21.6. The second-order valence-corrected chi connectivity index (χ2v) is 6.49. The minimum Gasteiger partial charge on any atom is -0.377 e. The Kier molecular flexibility index (Phi) is 5.62. The number of pyridine rings is 1. The molecule has 2 aliphatic rings. The van der Waals surface area contributed by atoms with Gasteiger partial charge < -0.3 is 9.64 Å². The molecule has 0 radical (unpaired) electrons. The minimum atomic E-state index is 0.0658. The Morgan fingerprint density at radius 2 is 2.13 bits per heavy atom. The zero-order valence-electron chi connectivity index (χ0n) is 14.0. The molecule has 2 saturated heterocycles. The van der Waals surface area contributed by atoms with Gasteiger partial charge in [-0.1, -0.05) is 13.0 Å². The Morgan fingerprint density at radius 3 is 2.83 bits per heavy atom. The molecule has 2 aliphatic heterocycles. The van der Waals surface area contributed by atoms with Crippen LogP contribution in [0, 0.1) is 5.92 Å². The number of hydrogen-bond acceptors (Lipinski definition) is 4. The maximum Gasteiger partial charge on any atom is 0.228 e. The second-order valence-electron chi connectivity index (χ2n) is 6.49. The monoisotopic (exact) mass is 317 g/mol. The molecule has 1 amide bonds. The number of amides is 1. The summed E-state index contributed by atoms with van der Waals surface area (Å²) >= 11 is 0. The molecule has 3 heterocycles. The number of nitrogens with zero attached hydrogens (tertiary/aromatic N) is 3. The van der Waals surface area contributed by atoms with E-state index in [1.165, 1.54) is 0 Å². The SMILES string of the molecule is CC[C@@H]1OCCC[C@H]1C(=O)N1CCN(Cc2ccccn2)CC1. The van der Waals surface area contributed by atoms with E-state index < -0.39 is 0 Å². The smallest absolute Gasteiger partial charge is 0.228 e. The third kappa shape index (κ3) is 4.09. The van der Waals surface area contributed by atoms with Crippen molar-refractivity contribution in [1.29, 1.82) is 0 Å². The van der Waals surface area contributed by atoms with E-state index in [1.54, 1.807) is 0 Å². The van der Waals surface area contributed by atoms with E-state index in [0.717, 1.165) is 64.3 Å². The lowest BCUT2D eigenvalue weighted by Gasteiger charge is -2.39. The molecule has 0 spiro atoms. The van der Waals surface area contributed by atoms with Gasteiger partial charge in [-0.15, -0.1) is 0 Å². The van der Waals surface area contributed by atoms with E-state index in [1.807, 2.05) is 23.2 Å². The molecular formula is C18H27N3O2. The zero-order chi connectivity index (χ0) is 16.1. The second kappa shape index (κ2) is 7.88. The normalized spacial score (nSPS) is 26.2. The molecular weight excluding hydrogens is 290 g/mol. The molecule has 0 bridgehead atoms. The molecule has 1 aromatic rings. The van der Waals surface area contributed by atoms with Gasteiger partial charge in [-0.3, -0.25) is 14.7 Å². The highest BCUT2D eigenvalue weighted by atomic mass is 16.5. The van der Waals surface area contributed by atoms with E-state index in [4.69, 9.17) is 4.74 Å². The maximum absolute atomic E-state index is 12.8. The Balaban J connectivity index is 1.51. The van der Waals surface area contributed by atoms with Gasteiger partial charge in [0.25, 0.3) is 0 Å². The Hall–Kier alpha value is -1.46. The van der Waals surface area contributed by atoms with Gasteiger partial charge in [0.1, 0.15) is 0 Å². The van der Waals surface area contributed by atoms with Gasteiger partial charge in [0.05, 0.1) is 17.7 Å². The first-order valence-electron chi connectivity index (χ1n) is 8.80. The molecule has 2 fully saturated rings. The van der Waals surface area contributed by atoms with Gasteiger partial charge in [-0.2, -0.15) is 0 Å². The Bertz CT molecular complexity index is 500. The molecule has 5 nitrogen and oxygen atoms in total. The van der Waals surface area contributed by atoms with Crippen molar-refractivity contribution in [2.24, 2.45) is 5.92 Å². The number of aromatic nitrogens is 1. The highest BCUT2D eigenvalue weighted by molar-refractivity contribution is 5.79. The van der Waals surface area contributed by atoms with Crippen molar-refractivity contribution >= 4 is 5.91 Å². The van der Waals surface area contributed by atoms with E-state index >= 15 is 0 Å². The predicted octanol–water partition coefficient (Wildman–Crippen LogP) is 1.93. The number of piperazine rings is 1. The Labute approximate surface area is 138 Å². The fourth-order valence-corrected chi connectivity index (χ4v) is 3.61. The highest BCUT2D eigenvalue weighted by Crippen LogP contribution is 2.25. The summed E-state index contributed by atoms with van der Waals surface area (Å²) in [5.74, 6) is 0.366. The van der Waals surface area contributed by atoms with Gasteiger partial charge in [0, 0.05) is 45.5 Å². The summed E-state index contributed by atoms with van der Waals surface area (Å²) < 4.78 is 5.79. The fourth-order valence-electron chi connectivity index (χ4n) is 3.61. The number of rotatable bonds is 4. The molecule has 23 heavy (non-hydrogen) atoms. The molecule has 126 valence electrons. The van der Waals surface area contributed by atoms with E-state index in [9.17, 15) is 4.79 Å². The van der Waals surface area contributed by atoms with Crippen LogP contribution in [0.3, 0.4) is 0 Å². The predicted molar refractivity (Wildman–Crippen MR) is 88.8 cm³/mol. The molecule has 3 rings (SSSR count). The largest absolute Gasteiger partial charge is 0.377 e. The van der Waals surface area contributed by atoms with Crippen LogP contribution in [0.4, 0.5) is 0 Å². The zero-order valence-corrected chi connectivity index (χ0v) is 14.0. The number of ether oxygens (including phenoxy) is 1. The standard InChI is InChI=1S/C18H27N3O2/c1-2-17-16(7-5-13-23-17)18(22)21-11-9-20(10-12-21)14-15-6-3-4-8-19-15/h3-4,6,8,16-17H,2,5,7,9-14H2,1H3/t16-,17+/m1/s1. The van der Waals surface area contributed by atoms with E-state index in [-0.39, 0.29) is 12.0 Å². The number of carbonyl (C=O) groups excluding carboxylic acids is 1. The molecule has 0 aliphatic carbocycles. The van der Waals surface area contributed by atoms with Crippen LogP contribution < -0.4 is 0 Å². The van der Waals surface area contributed by atoms with Crippen molar-refractivity contribution in [3.05, 3.63) is 30.1 Å². The van der Waals surface area contributed by atoms with Crippen molar-refractivity contribution in [3.8, 4) is 0 Å². The molecule has 1 aromatic heterocycles. The highest BCUT2D eigenvalue weighted by Gasteiger charge is 2.34. The lowest BCUT2D eigenvalue weighted by Crippen LogP contribution is -2.52. The average molecular weight is 317 g/mol. The molecule has 0 N–H and O–H groups in total. The summed E-state index contributed by atoms with van der Waals surface area (Å²) in [6.07, 6.45) is 4.86. The molecule has 2 atom stereocenters. The molecule has 0 saturated carbocycles. The fraction of sp³-hybridized carbons (Fsp3) is 0.667. The summed E-state index contributed by atoms with van der Waals surface area (Å²) in [7, 11) is 0.